The van der Waals surface area contributed by atoms with Gasteiger partial charge in [0.15, 0.2) is 0 Å². The van der Waals surface area contributed by atoms with Crippen LogP contribution in [0.3, 0.4) is 0 Å². The number of piperidine rings is 1. The molecule has 0 saturated carbocycles. The van der Waals surface area contributed by atoms with E-state index in [-0.39, 0.29) is 17.8 Å². The zero-order valence-electron chi connectivity index (χ0n) is 11.9. The molecule has 1 saturated heterocycles. The molecule has 1 aliphatic rings. The summed E-state index contributed by atoms with van der Waals surface area (Å²) in [4.78, 5) is 2.22. The van der Waals surface area contributed by atoms with Gasteiger partial charge in [-0.2, -0.15) is 0 Å². The number of halogens is 3. The molecule has 6 heteroatoms. The minimum Gasteiger partial charge on any atom is -0.406 e. The average molecular weight is 303 g/mol. The standard InChI is InChI=1S/C15H20F3NO2/c1-2-12-10-19(8-7-14(12)20)9-11-3-5-13(6-4-11)21-15(16,17)18/h3-6,12,14,20H,2,7-10H2,1H3. The van der Waals surface area contributed by atoms with E-state index in [0.717, 1.165) is 31.5 Å². The molecule has 0 bridgehead atoms. The summed E-state index contributed by atoms with van der Waals surface area (Å²) in [5.74, 6) is 0.0679. The van der Waals surface area contributed by atoms with Gasteiger partial charge in [-0.3, -0.25) is 4.90 Å². The van der Waals surface area contributed by atoms with Crippen LogP contribution in [0, 0.1) is 5.92 Å². The van der Waals surface area contributed by atoms with Gasteiger partial charge in [-0.05, 0) is 36.5 Å². The van der Waals surface area contributed by atoms with Gasteiger partial charge in [-0.1, -0.05) is 19.1 Å². The minimum absolute atomic E-state index is 0.202. The fourth-order valence-corrected chi connectivity index (χ4v) is 2.69. The molecular formula is C15H20F3NO2. The number of ether oxygens (including phenoxy) is 1. The van der Waals surface area contributed by atoms with Crippen LogP contribution in [0.1, 0.15) is 25.3 Å². The minimum atomic E-state index is -4.65. The van der Waals surface area contributed by atoms with Crippen LogP contribution in [0.15, 0.2) is 24.3 Å². The fourth-order valence-electron chi connectivity index (χ4n) is 2.69. The Balaban J connectivity index is 1.91. The van der Waals surface area contributed by atoms with Crippen molar-refractivity contribution in [1.82, 2.24) is 4.90 Å². The first-order chi connectivity index (χ1) is 9.87. The van der Waals surface area contributed by atoms with Gasteiger partial charge < -0.3 is 9.84 Å². The summed E-state index contributed by atoms with van der Waals surface area (Å²) in [6.07, 6.45) is -3.23. The molecule has 0 radical (unpaired) electrons. The second-order valence-corrected chi connectivity index (χ2v) is 5.45. The van der Waals surface area contributed by atoms with E-state index in [0.29, 0.717) is 6.54 Å². The van der Waals surface area contributed by atoms with Gasteiger partial charge in [0.25, 0.3) is 0 Å². The van der Waals surface area contributed by atoms with Gasteiger partial charge in [0.05, 0.1) is 6.10 Å². The average Bonchev–Trinajstić information content (AvgIpc) is 2.41. The molecular weight excluding hydrogens is 283 g/mol. The molecule has 2 rings (SSSR count). The van der Waals surface area contributed by atoms with Gasteiger partial charge in [0, 0.05) is 19.6 Å². The number of aliphatic hydroxyl groups excluding tert-OH is 1. The van der Waals surface area contributed by atoms with E-state index in [2.05, 4.69) is 16.6 Å². The zero-order chi connectivity index (χ0) is 15.5. The highest BCUT2D eigenvalue weighted by molar-refractivity contribution is 5.27. The Morgan fingerprint density at radius 2 is 1.95 bits per heavy atom. The number of alkyl halides is 3. The Hall–Kier alpha value is -1.27. The molecule has 0 aromatic heterocycles. The number of aliphatic hydroxyl groups is 1. The molecule has 2 unspecified atom stereocenters. The molecule has 118 valence electrons. The first-order valence-corrected chi connectivity index (χ1v) is 7.12. The van der Waals surface area contributed by atoms with E-state index < -0.39 is 6.36 Å². The third-order valence-corrected chi connectivity index (χ3v) is 3.87. The molecule has 1 fully saturated rings. The van der Waals surface area contributed by atoms with Crippen LogP contribution in [0.4, 0.5) is 13.2 Å². The Bertz CT molecular complexity index is 447. The molecule has 21 heavy (non-hydrogen) atoms. The van der Waals surface area contributed by atoms with E-state index in [9.17, 15) is 18.3 Å². The Kier molecular flexibility index (Phi) is 5.11. The number of hydrogen-bond acceptors (Lipinski definition) is 3. The third kappa shape index (κ3) is 4.89. The molecule has 1 aromatic carbocycles. The fraction of sp³-hybridized carbons (Fsp3) is 0.600. The predicted molar refractivity (Wildman–Crippen MR) is 72.8 cm³/mol. The summed E-state index contributed by atoms with van der Waals surface area (Å²) in [6, 6.07) is 5.96. The van der Waals surface area contributed by atoms with E-state index in [1.54, 1.807) is 12.1 Å². The van der Waals surface area contributed by atoms with Crippen molar-refractivity contribution in [3.8, 4) is 5.75 Å². The molecule has 1 N–H and O–H groups in total. The van der Waals surface area contributed by atoms with Crippen LogP contribution < -0.4 is 4.74 Å². The van der Waals surface area contributed by atoms with Gasteiger partial charge >= 0.3 is 6.36 Å². The predicted octanol–water partition coefficient (Wildman–Crippen LogP) is 3.18. The maximum absolute atomic E-state index is 12.1. The van der Waals surface area contributed by atoms with Crippen LogP contribution in [0.5, 0.6) is 5.75 Å². The van der Waals surface area contributed by atoms with Crippen molar-refractivity contribution in [2.45, 2.75) is 38.8 Å². The van der Waals surface area contributed by atoms with Crippen molar-refractivity contribution in [2.24, 2.45) is 5.92 Å². The van der Waals surface area contributed by atoms with Crippen molar-refractivity contribution in [1.29, 1.82) is 0 Å². The first-order valence-electron chi connectivity index (χ1n) is 7.12. The molecule has 1 aromatic rings. The molecule has 0 spiro atoms. The van der Waals surface area contributed by atoms with Crippen LogP contribution in [0.2, 0.25) is 0 Å². The molecule has 1 aliphatic heterocycles. The summed E-state index contributed by atoms with van der Waals surface area (Å²) in [5, 5.41) is 9.85. The number of rotatable bonds is 4. The zero-order valence-corrected chi connectivity index (χ0v) is 11.9. The lowest BCUT2D eigenvalue weighted by Gasteiger charge is -2.35. The Morgan fingerprint density at radius 3 is 2.52 bits per heavy atom. The van der Waals surface area contributed by atoms with E-state index in [1.165, 1.54) is 12.1 Å². The highest BCUT2D eigenvalue weighted by atomic mass is 19.4. The molecule has 2 atom stereocenters. The Labute approximate surface area is 122 Å². The number of benzene rings is 1. The van der Waals surface area contributed by atoms with Crippen LogP contribution >= 0.6 is 0 Å². The second-order valence-electron chi connectivity index (χ2n) is 5.45. The van der Waals surface area contributed by atoms with E-state index >= 15 is 0 Å². The SMILES string of the molecule is CCC1CN(Cc2ccc(OC(F)(F)F)cc2)CCC1O. The van der Waals surface area contributed by atoms with Crippen molar-refractivity contribution >= 4 is 0 Å². The summed E-state index contributed by atoms with van der Waals surface area (Å²) in [6.45, 7) is 4.35. The van der Waals surface area contributed by atoms with Gasteiger partial charge in [-0.15, -0.1) is 13.2 Å². The summed E-state index contributed by atoms with van der Waals surface area (Å²) < 4.78 is 40.1. The lowest BCUT2D eigenvalue weighted by atomic mass is 9.92. The lowest BCUT2D eigenvalue weighted by Crippen LogP contribution is -2.42. The van der Waals surface area contributed by atoms with Crippen molar-refractivity contribution < 1.29 is 23.0 Å². The highest BCUT2D eigenvalue weighted by Crippen LogP contribution is 2.24. The smallest absolute Gasteiger partial charge is 0.406 e. The van der Waals surface area contributed by atoms with E-state index in [1.807, 2.05) is 0 Å². The molecule has 0 aliphatic carbocycles. The topological polar surface area (TPSA) is 32.7 Å². The van der Waals surface area contributed by atoms with Crippen molar-refractivity contribution in [3.05, 3.63) is 29.8 Å². The van der Waals surface area contributed by atoms with Gasteiger partial charge in [0.1, 0.15) is 5.75 Å². The van der Waals surface area contributed by atoms with E-state index in [4.69, 9.17) is 0 Å². The summed E-state index contributed by atoms with van der Waals surface area (Å²) in [7, 11) is 0. The number of nitrogens with zero attached hydrogens (tertiary/aromatic N) is 1. The molecule has 3 nitrogen and oxygen atoms in total. The van der Waals surface area contributed by atoms with Gasteiger partial charge in [0.2, 0.25) is 0 Å². The van der Waals surface area contributed by atoms with Crippen LogP contribution in [-0.2, 0) is 6.54 Å². The second kappa shape index (κ2) is 6.66. The van der Waals surface area contributed by atoms with Gasteiger partial charge in [-0.25, -0.2) is 0 Å². The normalized spacial score (nSPS) is 24.0. The highest BCUT2D eigenvalue weighted by Gasteiger charge is 2.31. The third-order valence-electron chi connectivity index (χ3n) is 3.87. The van der Waals surface area contributed by atoms with Crippen LogP contribution in [-0.4, -0.2) is 35.6 Å². The van der Waals surface area contributed by atoms with Crippen molar-refractivity contribution in [2.75, 3.05) is 13.1 Å². The lowest BCUT2D eigenvalue weighted by molar-refractivity contribution is -0.274. The van der Waals surface area contributed by atoms with Crippen LogP contribution in [0.25, 0.3) is 0 Å². The van der Waals surface area contributed by atoms with Crippen molar-refractivity contribution in [3.63, 3.8) is 0 Å². The Morgan fingerprint density at radius 1 is 1.29 bits per heavy atom. The largest absolute Gasteiger partial charge is 0.573 e. The summed E-state index contributed by atoms with van der Waals surface area (Å²) >= 11 is 0. The molecule has 1 heterocycles. The monoisotopic (exact) mass is 303 g/mol. The maximum atomic E-state index is 12.1. The maximum Gasteiger partial charge on any atom is 0.573 e. The number of hydrogen-bond donors (Lipinski definition) is 1. The summed E-state index contributed by atoms with van der Waals surface area (Å²) in [5.41, 5.74) is 0.941. The number of likely N-dealkylation sites (tertiary alicyclic amines) is 1. The molecule has 0 amide bonds. The quantitative estimate of drug-likeness (QED) is 0.927. The first kappa shape index (κ1) is 16.1.